The minimum atomic E-state index is -0.194. The number of rotatable bonds is 6. The molecule has 3 atom stereocenters. The van der Waals surface area contributed by atoms with Crippen LogP contribution in [0.4, 0.5) is 0 Å². The second kappa shape index (κ2) is 10.3. The molecule has 6 rings (SSSR count). The molecule has 1 aliphatic rings. The smallest absolute Gasteiger partial charge is 0.102 e. The number of hydrogen-bond donors (Lipinski definition) is 1. The Morgan fingerprint density at radius 3 is 1.95 bits per heavy atom. The molecule has 2 nitrogen and oxygen atoms in total. The van der Waals surface area contributed by atoms with E-state index in [0.29, 0.717) is 21.7 Å². The number of benzene rings is 4. The predicted molar refractivity (Wildman–Crippen MR) is 167 cm³/mol. The van der Waals surface area contributed by atoms with Gasteiger partial charge in [0, 0.05) is 43.4 Å². The van der Waals surface area contributed by atoms with Crippen LogP contribution < -0.4 is 0 Å². The molecule has 39 heavy (non-hydrogen) atoms. The van der Waals surface area contributed by atoms with Gasteiger partial charge in [-0.3, -0.25) is 0 Å². The first kappa shape index (κ1) is 25.8. The van der Waals surface area contributed by atoms with E-state index in [-0.39, 0.29) is 11.8 Å². The van der Waals surface area contributed by atoms with Gasteiger partial charge >= 0.3 is 0 Å². The van der Waals surface area contributed by atoms with E-state index in [4.69, 9.17) is 23.2 Å². The summed E-state index contributed by atoms with van der Waals surface area (Å²) in [5.41, 5.74) is 7.17. The number of aromatic nitrogens is 1. The molecule has 5 aromatic rings. The van der Waals surface area contributed by atoms with Gasteiger partial charge in [-0.15, -0.1) is 0 Å². The van der Waals surface area contributed by atoms with Crippen molar-refractivity contribution in [2.75, 3.05) is 0 Å². The molecule has 0 aliphatic heterocycles. The fourth-order valence-electron chi connectivity index (χ4n) is 6.18. The highest BCUT2D eigenvalue weighted by atomic mass is 35.5. The maximum Gasteiger partial charge on any atom is 0.102 e. The summed E-state index contributed by atoms with van der Waals surface area (Å²) in [6.45, 7) is 6.66. The first-order chi connectivity index (χ1) is 18.9. The van der Waals surface area contributed by atoms with Gasteiger partial charge in [0.1, 0.15) is 5.76 Å². The number of aliphatic hydroxyl groups is 1. The van der Waals surface area contributed by atoms with E-state index >= 15 is 0 Å². The van der Waals surface area contributed by atoms with Gasteiger partial charge < -0.3 is 9.67 Å². The minimum Gasteiger partial charge on any atom is -0.512 e. The van der Waals surface area contributed by atoms with E-state index in [0.717, 1.165) is 45.4 Å². The topological polar surface area (TPSA) is 25.2 Å². The number of hydrogen-bond acceptors (Lipinski definition) is 1. The number of nitrogens with zero attached hydrogens (tertiary/aromatic N) is 1. The van der Waals surface area contributed by atoms with Gasteiger partial charge in [0.2, 0.25) is 0 Å². The summed E-state index contributed by atoms with van der Waals surface area (Å²) >= 11 is 13.8. The molecule has 1 aromatic heterocycles. The number of aliphatic hydroxyl groups excluding tert-OH is 1. The number of para-hydroxylation sites is 3. The summed E-state index contributed by atoms with van der Waals surface area (Å²) in [5.74, 6) is 0.749. The summed E-state index contributed by atoms with van der Waals surface area (Å²) in [7, 11) is 0. The van der Waals surface area contributed by atoms with Gasteiger partial charge in [-0.2, -0.15) is 0 Å². The van der Waals surface area contributed by atoms with E-state index < -0.39 is 0 Å². The third-order valence-electron chi connectivity index (χ3n) is 8.52. The maximum atomic E-state index is 11.2. The standard InChI is InChI=1S/C35H31Cl2NO/c1-4-21(2)22(3)33-32(39)20-29(37)34(33)27-16-11-15-26(23-12-5-8-17-28(23)36)35(27)38-30-18-9-6-13-24(30)25-14-7-10-19-31(25)38/h5-22,33,39H,4H2,1-3H3/t21-,22-,33?/m1/s1. The zero-order valence-corrected chi connectivity index (χ0v) is 23.8. The van der Waals surface area contributed by atoms with Crippen molar-refractivity contribution in [3.8, 4) is 16.8 Å². The minimum absolute atomic E-state index is 0.194. The Labute approximate surface area is 239 Å². The zero-order chi connectivity index (χ0) is 27.3. The molecule has 0 bridgehead atoms. The Balaban J connectivity index is 1.74. The Hall–Kier alpha value is -3.46. The molecule has 1 unspecified atom stereocenters. The van der Waals surface area contributed by atoms with E-state index in [9.17, 15) is 5.11 Å². The van der Waals surface area contributed by atoms with Gasteiger partial charge in [-0.25, -0.2) is 0 Å². The van der Waals surface area contributed by atoms with Crippen LogP contribution in [0, 0.1) is 17.8 Å². The van der Waals surface area contributed by atoms with Crippen LogP contribution in [0.1, 0.15) is 32.8 Å². The zero-order valence-electron chi connectivity index (χ0n) is 22.3. The lowest BCUT2D eigenvalue weighted by atomic mass is 9.76. The molecule has 0 amide bonds. The molecular weight excluding hydrogens is 521 g/mol. The van der Waals surface area contributed by atoms with Crippen molar-refractivity contribution < 1.29 is 5.11 Å². The Morgan fingerprint density at radius 2 is 1.31 bits per heavy atom. The number of fused-ring (bicyclic) bond motifs is 3. The lowest BCUT2D eigenvalue weighted by Gasteiger charge is -2.30. The van der Waals surface area contributed by atoms with Crippen LogP contribution >= 0.6 is 23.2 Å². The second-order valence-corrected chi connectivity index (χ2v) is 11.4. The number of allylic oxidation sites excluding steroid dienone is 3. The highest BCUT2D eigenvalue weighted by Crippen LogP contribution is 2.50. The molecule has 0 radical (unpaired) electrons. The van der Waals surface area contributed by atoms with Crippen molar-refractivity contribution in [3.63, 3.8) is 0 Å². The van der Waals surface area contributed by atoms with Crippen LogP contribution in [0.5, 0.6) is 0 Å². The van der Waals surface area contributed by atoms with Gasteiger partial charge in [0.25, 0.3) is 0 Å². The largest absolute Gasteiger partial charge is 0.512 e. The first-order valence-corrected chi connectivity index (χ1v) is 14.3. The van der Waals surface area contributed by atoms with Gasteiger partial charge in [0.15, 0.2) is 0 Å². The monoisotopic (exact) mass is 551 g/mol. The summed E-state index contributed by atoms with van der Waals surface area (Å²) < 4.78 is 2.34. The van der Waals surface area contributed by atoms with E-state index in [2.05, 4.69) is 98.1 Å². The molecule has 4 aromatic carbocycles. The summed E-state index contributed by atoms with van der Waals surface area (Å²) in [4.78, 5) is 0. The van der Waals surface area contributed by atoms with E-state index in [1.807, 2.05) is 18.2 Å². The van der Waals surface area contributed by atoms with Crippen LogP contribution in [0.15, 0.2) is 108 Å². The Kier molecular flexibility index (Phi) is 6.79. The lowest BCUT2D eigenvalue weighted by Crippen LogP contribution is -2.21. The summed E-state index contributed by atoms with van der Waals surface area (Å²) in [5, 5.41) is 14.9. The van der Waals surface area contributed by atoms with Gasteiger partial charge in [-0.1, -0.05) is 123 Å². The average Bonchev–Trinajstić information content (AvgIpc) is 3.45. The highest BCUT2D eigenvalue weighted by molar-refractivity contribution is 6.35. The fourth-order valence-corrected chi connectivity index (χ4v) is 6.75. The molecule has 196 valence electrons. The van der Waals surface area contributed by atoms with Crippen LogP contribution in [0.3, 0.4) is 0 Å². The molecule has 4 heteroatoms. The number of halogens is 2. The second-order valence-electron chi connectivity index (χ2n) is 10.6. The average molecular weight is 553 g/mol. The third kappa shape index (κ3) is 4.18. The van der Waals surface area contributed by atoms with Gasteiger partial charge in [-0.05, 0) is 41.7 Å². The van der Waals surface area contributed by atoms with E-state index in [1.165, 1.54) is 10.8 Å². The quantitative estimate of drug-likeness (QED) is 0.223. The van der Waals surface area contributed by atoms with Crippen molar-refractivity contribution in [1.82, 2.24) is 4.57 Å². The Morgan fingerprint density at radius 1 is 0.744 bits per heavy atom. The van der Waals surface area contributed by atoms with Crippen LogP contribution in [-0.4, -0.2) is 9.67 Å². The van der Waals surface area contributed by atoms with E-state index in [1.54, 1.807) is 6.08 Å². The normalized spacial score (nSPS) is 17.2. The molecule has 0 spiro atoms. The molecule has 1 aliphatic carbocycles. The fraction of sp³-hybridized carbons (Fsp3) is 0.200. The molecular formula is C35H31Cl2NO. The van der Waals surface area contributed by atoms with Crippen molar-refractivity contribution >= 4 is 50.6 Å². The van der Waals surface area contributed by atoms with Crippen molar-refractivity contribution in [2.45, 2.75) is 27.2 Å². The predicted octanol–water partition coefficient (Wildman–Crippen LogP) is 10.8. The van der Waals surface area contributed by atoms with Crippen molar-refractivity contribution in [1.29, 1.82) is 0 Å². The molecule has 1 heterocycles. The molecule has 0 saturated heterocycles. The summed E-state index contributed by atoms with van der Waals surface area (Å²) in [6, 6.07) is 31.3. The molecule has 0 saturated carbocycles. The lowest BCUT2D eigenvalue weighted by molar-refractivity contribution is 0.261. The van der Waals surface area contributed by atoms with Crippen molar-refractivity contribution in [2.24, 2.45) is 17.8 Å². The first-order valence-electron chi connectivity index (χ1n) is 13.6. The Bertz CT molecular complexity index is 1720. The van der Waals surface area contributed by atoms with Crippen molar-refractivity contribution in [3.05, 3.63) is 118 Å². The SMILES string of the molecule is CC[C@@H](C)[C@@H](C)C1C(O)=CC(Cl)=C1c1cccc(-c2ccccc2Cl)c1-n1c2ccccc2c2ccccc21. The third-order valence-corrected chi connectivity index (χ3v) is 9.17. The molecule has 1 N–H and O–H groups in total. The van der Waals surface area contributed by atoms with Crippen LogP contribution in [0.25, 0.3) is 44.2 Å². The molecule has 0 fully saturated rings. The van der Waals surface area contributed by atoms with Gasteiger partial charge in [0.05, 0.1) is 16.7 Å². The summed E-state index contributed by atoms with van der Waals surface area (Å²) in [6.07, 6.45) is 2.76. The maximum absolute atomic E-state index is 11.2. The van der Waals surface area contributed by atoms with Crippen LogP contribution in [0.2, 0.25) is 5.02 Å². The van der Waals surface area contributed by atoms with Crippen LogP contribution in [-0.2, 0) is 0 Å². The highest BCUT2D eigenvalue weighted by Gasteiger charge is 2.36.